The lowest BCUT2D eigenvalue weighted by Gasteiger charge is -2.05. The van der Waals surface area contributed by atoms with Crippen molar-refractivity contribution in [2.45, 2.75) is 6.42 Å². The van der Waals surface area contributed by atoms with Crippen LogP contribution in [0.4, 0.5) is 5.69 Å². The Bertz CT molecular complexity index is 421. The quantitative estimate of drug-likeness (QED) is 0.667. The fourth-order valence-electron chi connectivity index (χ4n) is 1.29. The molecule has 0 radical (unpaired) electrons. The van der Waals surface area contributed by atoms with E-state index in [2.05, 4.69) is 5.32 Å². The summed E-state index contributed by atoms with van der Waals surface area (Å²) in [4.78, 5) is 11.2. The number of anilines is 1. The van der Waals surface area contributed by atoms with Gasteiger partial charge >= 0.3 is 0 Å². The van der Waals surface area contributed by atoms with Gasteiger partial charge in [-0.1, -0.05) is 0 Å². The Morgan fingerprint density at radius 3 is 3.14 bits per heavy atom. The summed E-state index contributed by atoms with van der Waals surface area (Å²) in [6.07, 6.45) is 0.344. The summed E-state index contributed by atoms with van der Waals surface area (Å²) in [5.74, 6) is 0.536. The Morgan fingerprint density at radius 2 is 2.36 bits per heavy atom. The minimum absolute atomic E-state index is 0.0844. The molecule has 1 N–H and O–H groups in total. The summed E-state index contributed by atoms with van der Waals surface area (Å²) in [6, 6.07) is 6.97. The molecule has 1 aliphatic rings. The van der Waals surface area contributed by atoms with E-state index in [9.17, 15) is 4.79 Å². The number of carbonyl (C=O) groups is 1. The molecule has 0 spiro atoms. The maximum absolute atomic E-state index is 11.2. The maximum Gasteiger partial charge on any atom is 0.227 e. The van der Waals surface area contributed by atoms with Gasteiger partial charge in [-0.3, -0.25) is 4.79 Å². The van der Waals surface area contributed by atoms with E-state index >= 15 is 0 Å². The number of nitrogens with zero attached hydrogens (tertiary/aromatic N) is 1. The van der Waals surface area contributed by atoms with E-state index < -0.39 is 0 Å². The summed E-state index contributed by atoms with van der Waals surface area (Å²) in [6.45, 7) is 0.380. The smallest absolute Gasteiger partial charge is 0.227 e. The minimum atomic E-state index is -0.0844. The normalized spacial score (nSPS) is 14.4. The zero-order chi connectivity index (χ0) is 9.97. The Balaban J connectivity index is 2.43. The Kier molecular flexibility index (Phi) is 2.07. The molecule has 0 atom stereocenters. The molecule has 1 aromatic carbocycles. The fourth-order valence-corrected chi connectivity index (χ4v) is 1.29. The molecule has 1 heterocycles. The number of ether oxygens (including phenoxy) is 1. The largest absolute Gasteiger partial charge is 0.491 e. The summed E-state index contributed by atoms with van der Waals surface area (Å²) in [7, 11) is 0. The highest BCUT2D eigenvalue weighted by Crippen LogP contribution is 2.27. The second-order valence-corrected chi connectivity index (χ2v) is 2.97. The van der Waals surface area contributed by atoms with E-state index in [4.69, 9.17) is 10.00 Å². The van der Waals surface area contributed by atoms with Gasteiger partial charge in [0.2, 0.25) is 5.91 Å². The first-order valence-electron chi connectivity index (χ1n) is 4.26. The molecular weight excluding hydrogens is 180 g/mol. The molecule has 0 unspecified atom stereocenters. The lowest BCUT2D eigenvalue weighted by molar-refractivity contribution is -0.116. The topological polar surface area (TPSA) is 62.1 Å². The monoisotopic (exact) mass is 188 g/mol. The maximum atomic E-state index is 11.2. The molecule has 0 fully saturated rings. The zero-order valence-electron chi connectivity index (χ0n) is 7.41. The molecule has 14 heavy (non-hydrogen) atoms. The van der Waals surface area contributed by atoms with Gasteiger partial charge in [-0.15, -0.1) is 0 Å². The predicted molar refractivity (Wildman–Crippen MR) is 49.9 cm³/mol. The van der Waals surface area contributed by atoms with E-state index in [0.717, 1.165) is 0 Å². The Morgan fingerprint density at radius 1 is 1.50 bits per heavy atom. The summed E-state index contributed by atoms with van der Waals surface area (Å²) >= 11 is 0. The third-order valence-corrected chi connectivity index (χ3v) is 1.97. The van der Waals surface area contributed by atoms with Crippen LogP contribution in [0.5, 0.6) is 5.75 Å². The summed E-state index contributed by atoms with van der Waals surface area (Å²) in [5, 5.41) is 11.4. The van der Waals surface area contributed by atoms with Crippen molar-refractivity contribution < 1.29 is 9.53 Å². The number of carbonyl (C=O) groups excluding carboxylic acids is 1. The van der Waals surface area contributed by atoms with Gasteiger partial charge in [-0.25, -0.2) is 0 Å². The van der Waals surface area contributed by atoms with Crippen molar-refractivity contribution in [2.75, 3.05) is 11.9 Å². The molecule has 0 saturated heterocycles. The molecule has 0 saturated carbocycles. The molecule has 1 aliphatic heterocycles. The van der Waals surface area contributed by atoms with E-state index in [-0.39, 0.29) is 5.91 Å². The predicted octanol–water partition coefficient (Wildman–Crippen LogP) is 1.28. The van der Waals surface area contributed by atoms with E-state index in [1.54, 1.807) is 18.2 Å². The number of nitrogens with one attached hydrogen (secondary N) is 1. The van der Waals surface area contributed by atoms with E-state index in [1.807, 2.05) is 6.07 Å². The first-order chi connectivity index (χ1) is 6.79. The first kappa shape index (κ1) is 8.57. The second kappa shape index (κ2) is 3.38. The van der Waals surface area contributed by atoms with Crippen LogP contribution in [0.15, 0.2) is 18.2 Å². The molecule has 0 aliphatic carbocycles. The van der Waals surface area contributed by atoms with Crippen LogP contribution in [0.3, 0.4) is 0 Å². The van der Waals surface area contributed by atoms with Crippen LogP contribution in [0.25, 0.3) is 0 Å². The van der Waals surface area contributed by atoms with Crippen LogP contribution in [0.2, 0.25) is 0 Å². The highest BCUT2D eigenvalue weighted by molar-refractivity contribution is 5.93. The van der Waals surface area contributed by atoms with Gasteiger partial charge in [0, 0.05) is 0 Å². The van der Waals surface area contributed by atoms with Crippen LogP contribution in [0.1, 0.15) is 12.0 Å². The van der Waals surface area contributed by atoms with Gasteiger partial charge in [0.05, 0.1) is 30.3 Å². The average Bonchev–Trinajstić information content (AvgIpc) is 2.37. The van der Waals surface area contributed by atoms with Crippen molar-refractivity contribution in [2.24, 2.45) is 0 Å². The number of hydrogen-bond donors (Lipinski definition) is 1. The van der Waals surface area contributed by atoms with Crippen LogP contribution in [-0.2, 0) is 4.79 Å². The van der Waals surface area contributed by atoms with Crippen LogP contribution in [-0.4, -0.2) is 12.5 Å². The van der Waals surface area contributed by atoms with Crippen molar-refractivity contribution in [3.05, 3.63) is 23.8 Å². The highest BCUT2D eigenvalue weighted by Gasteiger charge is 2.13. The molecule has 2 rings (SSSR count). The van der Waals surface area contributed by atoms with Crippen LogP contribution >= 0.6 is 0 Å². The van der Waals surface area contributed by atoms with Crippen molar-refractivity contribution >= 4 is 11.6 Å². The summed E-state index contributed by atoms with van der Waals surface area (Å²) in [5.41, 5.74) is 1.08. The number of rotatable bonds is 0. The van der Waals surface area contributed by atoms with E-state index in [1.165, 1.54) is 0 Å². The van der Waals surface area contributed by atoms with Crippen molar-refractivity contribution in [1.29, 1.82) is 5.26 Å². The lowest BCUT2D eigenvalue weighted by Crippen LogP contribution is -2.10. The number of amides is 1. The van der Waals surface area contributed by atoms with Crippen molar-refractivity contribution in [3.63, 3.8) is 0 Å². The second-order valence-electron chi connectivity index (χ2n) is 2.97. The minimum Gasteiger partial charge on any atom is -0.491 e. The number of fused-ring (bicyclic) bond motifs is 1. The third-order valence-electron chi connectivity index (χ3n) is 1.97. The Hall–Kier alpha value is -2.02. The van der Waals surface area contributed by atoms with E-state index in [0.29, 0.717) is 30.0 Å². The van der Waals surface area contributed by atoms with Gasteiger partial charge in [-0.05, 0) is 18.2 Å². The third kappa shape index (κ3) is 1.52. The van der Waals surface area contributed by atoms with Gasteiger partial charge in [0.15, 0.2) is 0 Å². The van der Waals surface area contributed by atoms with Crippen molar-refractivity contribution in [3.8, 4) is 11.8 Å². The van der Waals surface area contributed by atoms with Crippen LogP contribution < -0.4 is 10.1 Å². The fraction of sp³-hybridized carbons (Fsp3) is 0.200. The molecule has 0 aromatic heterocycles. The van der Waals surface area contributed by atoms with Crippen molar-refractivity contribution in [1.82, 2.24) is 0 Å². The molecule has 1 amide bonds. The molecule has 1 aromatic rings. The van der Waals surface area contributed by atoms with Gasteiger partial charge in [0.25, 0.3) is 0 Å². The number of hydrogen-bond acceptors (Lipinski definition) is 3. The molecule has 4 heteroatoms. The lowest BCUT2D eigenvalue weighted by atomic mass is 10.2. The van der Waals surface area contributed by atoms with Gasteiger partial charge < -0.3 is 10.1 Å². The molecule has 70 valence electrons. The SMILES string of the molecule is N#Cc1ccc2c(c1)NC(=O)CCO2. The van der Waals surface area contributed by atoms with Crippen LogP contribution in [0, 0.1) is 11.3 Å². The zero-order valence-corrected chi connectivity index (χ0v) is 7.41. The average molecular weight is 188 g/mol. The molecule has 0 bridgehead atoms. The first-order valence-corrected chi connectivity index (χ1v) is 4.26. The molecular formula is C10H8N2O2. The standard InChI is InChI=1S/C10H8N2O2/c11-6-7-1-2-9-8(5-7)12-10(13)3-4-14-9/h1-2,5H,3-4H2,(H,12,13). The van der Waals surface area contributed by atoms with Gasteiger partial charge in [0.1, 0.15) is 5.75 Å². The Labute approximate surface area is 81.1 Å². The number of nitriles is 1. The van der Waals surface area contributed by atoms with Gasteiger partial charge in [-0.2, -0.15) is 5.26 Å². The summed E-state index contributed by atoms with van der Waals surface area (Å²) < 4.78 is 5.33. The highest BCUT2D eigenvalue weighted by atomic mass is 16.5. The number of benzene rings is 1. The molecule has 4 nitrogen and oxygen atoms in total.